The number of allylic oxidation sites excluding steroid dienone is 16. The Bertz CT molecular complexity index is 1230. The summed E-state index contributed by atoms with van der Waals surface area (Å²) < 4.78 is 33.4. The number of aliphatic hydroxyl groups excluding tert-OH is 2. The van der Waals surface area contributed by atoms with Crippen molar-refractivity contribution in [1.29, 1.82) is 0 Å². The number of aliphatic hydroxyl groups is 2. The number of unbranched alkanes of at least 4 members (excludes halogenated alkanes) is 12. The molecule has 3 N–H and O–H groups in total. The highest BCUT2D eigenvalue weighted by atomic mass is 31.2. The Hall–Kier alpha value is -2.62. The van der Waals surface area contributed by atoms with Gasteiger partial charge in [0.05, 0.1) is 26.4 Å². The quantitative estimate of drug-likeness (QED) is 0.0238. The highest BCUT2D eigenvalue weighted by Gasteiger charge is 2.26. The molecule has 0 aliphatic heterocycles. The number of carbonyl (C=O) groups is 1. The van der Waals surface area contributed by atoms with Gasteiger partial charge < -0.3 is 24.6 Å². The molecule has 0 aliphatic rings. The van der Waals surface area contributed by atoms with Crippen LogP contribution in [0.25, 0.3) is 0 Å². The fourth-order valence-electron chi connectivity index (χ4n) is 5.55. The largest absolute Gasteiger partial charge is 0.472 e. The Labute approximate surface area is 359 Å². The molecule has 0 aromatic carbocycles. The van der Waals surface area contributed by atoms with Crippen LogP contribution in [0.2, 0.25) is 0 Å². The molecule has 0 aliphatic carbocycles. The van der Waals surface area contributed by atoms with Crippen molar-refractivity contribution in [2.24, 2.45) is 0 Å². The molecule has 59 heavy (non-hydrogen) atoms. The van der Waals surface area contributed by atoms with Crippen molar-refractivity contribution in [3.63, 3.8) is 0 Å². The third kappa shape index (κ3) is 44.8. The molecule has 0 heterocycles. The van der Waals surface area contributed by atoms with E-state index in [-0.39, 0.29) is 13.0 Å². The van der Waals surface area contributed by atoms with Crippen LogP contribution in [0, 0.1) is 0 Å². The molecular weight excluding hydrogens is 764 g/mol. The molecule has 3 unspecified atom stereocenters. The molecule has 0 saturated heterocycles. The number of esters is 1. The van der Waals surface area contributed by atoms with Crippen molar-refractivity contribution in [3.05, 3.63) is 97.2 Å². The van der Waals surface area contributed by atoms with Crippen LogP contribution >= 0.6 is 7.82 Å². The summed E-state index contributed by atoms with van der Waals surface area (Å²) >= 11 is 0. The molecule has 0 aromatic rings. The number of phosphoric ester groups is 1. The van der Waals surface area contributed by atoms with E-state index in [0.29, 0.717) is 13.0 Å². The Kier molecular flexibility index (Phi) is 42.9. The number of rotatable bonds is 42. The van der Waals surface area contributed by atoms with Crippen LogP contribution < -0.4 is 0 Å². The third-order valence-electron chi connectivity index (χ3n) is 9.00. The zero-order valence-corrected chi connectivity index (χ0v) is 37.8. The zero-order chi connectivity index (χ0) is 43.2. The van der Waals surface area contributed by atoms with E-state index in [1.54, 1.807) is 0 Å². The average Bonchev–Trinajstić information content (AvgIpc) is 3.23. The van der Waals surface area contributed by atoms with Gasteiger partial charge in [0.1, 0.15) is 12.2 Å². The molecule has 0 radical (unpaired) electrons. The molecule has 0 amide bonds. The summed E-state index contributed by atoms with van der Waals surface area (Å²) in [5, 5.41) is 18.4. The lowest BCUT2D eigenvalue weighted by Gasteiger charge is -2.20. The van der Waals surface area contributed by atoms with Gasteiger partial charge in [-0.25, -0.2) is 4.57 Å². The summed E-state index contributed by atoms with van der Waals surface area (Å²) in [6.45, 7) is 3.28. The van der Waals surface area contributed by atoms with Crippen LogP contribution in [0.15, 0.2) is 97.2 Å². The first kappa shape index (κ1) is 56.4. The first-order chi connectivity index (χ1) is 28.8. The zero-order valence-electron chi connectivity index (χ0n) is 36.9. The lowest BCUT2D eigenvalue weighted by molar-refractivity contribution is -0.154. The van der Waals surface area contributed by atoms with E-state index >= 15 is 0 Å². The van der Waals surface area contributed by atoms with Crippen LogP contribution in [0.3, 0.4) is 0 Å². The van der Waals surface area contributed by atoms with Crippen LogP contribution in [0.5, 0.6) is 0 Å². The molecule has 3 atom stereocenters. The molecule has 9 nitrogen and oxygen atoms in total. The second-order valence-corrected chi connectivity index (χ2v) is 16.1. The summed E-state index contributed by atoms with van der Waals surface area (Å²) in [5.74, 6) is -0.415. The van der Waals surface area contributed by atoms with Crippen LogP contribution in [0.4, 0.5) is 0 Å². The maximum atomic E-state index is 12.6. The fraction of sp³-hybridized carbons (Fsp3) is 0.653. The Morgan fingerprint density at radius 3 is 1.46 bits per heavy atom. The van der Waals surface area contributed by atoms with Crippen molar-refractivity contribution in [1.82, 2.24) is 0 Å². The number of hydrogen-bond donors (Lipinski definition) is 3. The second kappa shape index (κ2) is 44.9. The number of hydrogen-bond acceptors (Lipinski definition) is 8. The topological polar surface area (TPSA) is 132 Å². The van der Waals surface area contributed by atoms with Gasteiger partial charge in [0.15, 0.2) is 0 Å². The molecule has 0 fully saturated rings. The summed E-state index contributed by atoms with van der Waals surface area (Å²) in [6.07, 6.45) is 56.5. The molecule has 0 aromatic heterocycles. The van der Waals surface area contributed by atoms with E-state index in [4.69, 9.17) is 23.6 Å². The highest BCUT2D eigenvalue weighted by Crippen LogP contribution is 2.43. The number of ether oxygens (including phenoxy) is 2. The first-order valence-corrected chi connectivity index (χ1v) is 24.2. The van der Waals surface area contributed by atoms with E-state index in [9.17, 15) is 19.4 Å². The van der Waals surface area contributed by atoms with E-state index in [1.165, 1.54) is 38.5 Å². The molecule has 338 valence electrons. The summed E-state index contributed by atoms with van der Waals surface area (Å²) in [6, 6.07) is 0. The SMILES string of the molecule is CC/C=C\C/C=C\C/C=C\C/C=C\C/C=C\C/C=C\CCCCCCC(=O)OC(COCCCCCCCC/C=C\C/C=C\CCCC)COP(=O)(O)OCC(O)CO. The van der Waals surface area contributed by atoms with Gasteiger partial charge in [-0.15, -0.1) is 0 Å². The van der Waals surface area contributed by atoms with Crippen LogP contribution in [-0.2, 0) is 27.9 Å². The van der Waals surface area contributed by atoms with E-state index in [2.05, 4.69) is 111 Å². The standard InChI is InChI=1S/C49H83O9P/c1-3-5-7-9-11-13-15-17-19-20-21-22-23-24-25-26-27-29-31-33-35-37-39-41-49(52)58-48(46-57-59(53,54)56-44-47(51)43-50)45-55-42-40-38-36-34-32-30-28-18-16-14-12-10-8-6-4-2/h5,7,10-13,16-19,21-22,24-25,27,29,47-48,50-51H,3-4,6,8-9,14-15,20,23,26,28,30-46H2,1-2H3,(H,53,54)/b7-5-,12-10-,13-11-,18-16-,19-17-,22-21-,25-24-,29-27-. The van der Waals surface area contributed by atoms with Crippen molar-refractivity contribution >= 4 is 13.8 Å². The molecule has 0 rings (SSSR count). The Morgan fingerprint density at radius 2 is 0.966 bits per heavy atom. The highest BCUT2D eigenvalue weighted by molar-refractivity contribution is 7.47. The molecular formula is C49H83O9P. The monoisotopic (exact) mass is 847 g/mol. The molecule has 0 spiro atoms. The van der Waals surface area contributed by atoms with Crippen molar-refractivity contribution < 1.29 is 43.0 Å². The maximum Gasteiger partial charge on any atom is 0.472 e. The summed E-state index contributed by atoms with van der Waals surface area (Å²) in [7, 11) is -4.54. The van der Waals surface area contributed by atoms with Gasteiger partial charge in [-0.05, 0) is 89.9 Å². The predicted molar refractivity (Wildman–Crippen MR) is 246 cm³/mol. The van der Waals surface area contributed by atoms with E-state index in [0.717, 1.165) is 96.3 Å². The minimum absolute atomic E-state index is 0.0249. The van der Waals surface area contributed by atoms with Gasteiger partial charge in [-0.3, -0.25) is 13.8 Å². The second-order valence-electron chi connectivity index (χ2n) is 14.7. The van der Waals surface area contributed by atoms with Gasteiger partial charge in [-0.1, -0.05) is 162 Å². The minimum atomic E-state index is -4.54. The molecule has 0 saturated carbocycles. The minimum Gasteiger partial charge on any atom is -0.457 e. The lowest BCUT2D eigenvalue weighted by Crippen LogP contribution is -2.29. The van der Waals surface area contributed by atoms with Gasteiger partial charge in [-0.2, -0.15) is 0 Å². The number of carbonyl (C=O) groups excluding carboxylic acids is 1. The molecule has 10 heteroatoms. The predicted octanol–water partition coefficient (Wildman–Crippen LogP) is 12.9. The Balaban J connectivity index is 4.25. The lowest BCUT2D eigenvalue weighted by atomic mass is 10.1. The van der Waals surface area contributed by atoms with Crippen molar-refractivity contribution in [2.45, 2.75) is 174 Å². The van der Waals surface area contributed by atoms with Crippen LogP contribution in [0.1, 0.15) is 162 Å². The van der Waals surface area contributed by atoms with Gasteiger partial charge in [0.2, 0.25) is 0 Å². The van der Waals surface area contributed by atoms with Gasteiger partial charge in [0, 0.05) is 13.0 Å². The van der Waals surface area contributed by atoms with E-state index in [1.807, 2.05) is 0 Å². The van der Waals surface area contributed by atoms with Crippen molar-refractivity contribution in [2.75, 3.05) is 33.0 Å². The van der Waals surface area contributed by atoms with Crippen molar-refractivity contribution in [3.8, 4) is 0 Å². The number of phosphoric acid groups is 1. The Morgan fingerprint density at radius 1 is 0.542 bits per heavy atom. The summed E-state index contributed by atoms with van der Waals surface area (Å²) in [4.78, 5) is 22.6. The molecule has 0 bridgehead atoms. The maximum absolute atomic E-state index is 12.6. The smallest absolute Gasteiger partial charge is 0.457 e. The fourth-order valence-corrected chi connectivity index (χ4v) is 6.34. The summed E-state index contributed by atoms with van der Waals surface area (Å²) in [5.41, 5.74) is 0. The van der Waals surface area contributed by atoms with Crippen LogP contribution in [-0.4, -0.2) is 66.3 Å². The third-order valence-corrected chi connectivity index (χ3v) is 9.95. The first-order valence-electron chi connectivity index (χ1n) is 22.7. The van der Waals surface area contributed by atoms with Gasteiger partial charge in [0.25, 0.3) is 0 Å². The normalized spacial score (nSPS) is 14.9. The van der Waals surface area contributed by atoms with Gasteiger partial charge >= 0.3 is 13.8 Å². The average molecular weight is 847 g/mol. The van der Waals surface area contributed by atoms with E-state index < -0.39 is 45.8 Å².